The van der Waals surface area contributed by atoms with Crippen molar-refractivity contribution in [1.29, 1.82) is 0 Å². The van der Waals surface area contributed by atoms with Gasteiger partial charge in [0, 0.05) is 74.3 Å². The Balaban J connectivity index is 0.771. The summed E-state index contributed by atoms with van der Waals surface area (Å²) in [5.74, 6) is -1.17. The van der Waals surface area contributed by atoms with Gasteiger partial charge in [-0.3, -0.25) is 34.1 Å². The van der Waals surface area contributed by atoms with E-state index in [1.807, 2.05) is 44.6 Å². The summed E-state index contributed by atoms with van der Waals surface area (Å²) in [6.07, 6.45) is 9.34. The van der Waals surface area contributed by atoms with Crippen molar-refractivity contribution in [2.45, 2.75) is 64.3 Å². The quantitative estimate of drug-likeness (QED) is 0.180. The molecule has 16 heteroatoms. The van der Waals surface area contributed by atoms with Crippen LogP contribution in [0.1, 0.15) is 82.3 Å². The molecule has 15 nitrogen and oxygen atoms in total. The number of imidazole rings is 1. The summed E-state index contributed by atoms with van der Waals surface area (Å²) in [6, 6.07) is 12.8. The summed E-state index contributed by atoms with van der Waals surface area (Å²) < 4.78 is 24.2. The first-order chi connectivity index (χ1) is 28.5. The number of anilines is 2. The van der Waals surface area contributed by atoms with Crippen LogP contribution in [-0.2, 0) is 16.1 Å². The molecule has 3 fully saturated rings. The van der Waals surface area contributed by atoms with Gasteiger partial charge < -0.3 is 24.8 Å². The molecule has 4 aliphatic heterocycles. The van der Waals surface area contributed by atoms with Gasteiger partial charge >= 0.3 is 0 Å². The molecule has 0 bridgehead atoms. The number of pyridine rings is 1. The number of nitrogens with one attached hydrogen (secondary N) is 1. The number of imide groups is 2. The molecular weight excluding hydrogens is 756 g/mol. The number of rotatable bonds is 11. The Morgan fingerprint density at radius 3 is 2.54 bits per heavy atom. The second-order valence-corrected chi connectivity index (χ2v) is 16.0. The third-order valence-electron chi connectivity index (χ3n) is 12.0. The number of carbonyl (C=O) groups is 4. The molecular formula is C43H45FN10O5. The zero-order chi connectivity index (χ0) is 40.9. The minimum absolute atomic E-state index is 0.0894. The van der Waals surface area contributed by atoms with E-state index in [2.05, 4.69) is 40.5 Å². The molecule has 0 radical (unpaired) electrons. The first-order valence-corrected chi connectivity index (χ1v) is 20.0. The van der Waals surface area contributed by atoms with E-state index in [1.165, 1.54) is 12.1 Å². The van der Waals surface area contributed by atoms with Crippen molar-refractivity contribution in [3.63, 3.8) is 0 Å². The molecule has 5 aromatic rings. The van der Waals surface area contributed by atoms with Crippen molar-refractivity contribution >= 4 is 35.1 Å². The van der Waals surface area contributed by atoms with Crippen LogP contribution in [-0.4, -0.2) is 96.5 Å². The first kappa shape index (κ1) is 38.1. The maximum Gasteiger partial charge on any atom is 0.262 e. The van der Waals surface area contributed by atoms with E-state index >= 15 is 0 Å². The molecule has 3 saturated heterocycles. The zero-order valence-electron chi connectivity index (χ0n) is 32.9. The minimum atomic E-state index is -0.975. The highest BCUT2D eigenvalue weighted by molar-refractivity contribution is 6.23. The Labute approximate surface area is 339 Å². The molecule has 59 heavy (non-hydrogen) atoms. The maximum absolute atomic E-state index is 13.9. The van der Waals surface area contributed by atoms with E-state index in [1.54, 1.807) is 24.4 Å². The standard InChI is InChI=1S/C43H45FN10O5/c1-25-39(30-15-37(40(45)46-18-30)59-26(2)29-4-3-5-31(44)14-29)52(24-47-25)20-27-17-48-53(23-27)32-10-12-50(13-11-32)19-28-21-51(22-28)33-6-7-34-35(16-33)43(58)54(42(34)57)36-8-9-38(55)49-41(36)56/h3-7,14-18,23-24,26,28,32,36H,8-13,19-22H2,1-2H3,(H2,45,46)(H,49,55,56)/t26-,36?/m1/s1. The van der Waals surface area contributed by atoms with E-state index in [0.29, 0.717) is 40.9 Å². The molecule has 0 spiro atoms. The summed E-state index contributed by atoms with van der Waals surface area (Å²) in [4.78, 5) is 65.2. The van der Waals surface area contributed by atoms with Gasteiger partial charge in [-0.25, -0.2) is 14.4 Å². The molecule has 0 saturated carbocycles. The first-order valence-electron chi connectivity index (χ1n) is 20.0. The number of likely N-dealkylation sites (tertiary alicyclic amines) is 1. The lowest BCUT2D eigenvalue weighted by Crippen LogP contribution is -2.54. The minimum Gasteiger partial charge on any atom is -0.482 e. The Bertz CT molecular complexity index is 2470. The number of carbonyl (C=O) groups excluding carboxylic acids is 4. The highest BCUT2D eigenvalue weighted by Crippen LogP contribution is 2.35. The number of fused-ring (bicyclic) bond motifs is 1. The van der Waals surface area contributed by atoms with Gasteiger partial charge in [0.2, 0.25) is 11.8 Å². The lowest BCUT2D eigenvalue weighted by molar-refractivity contribution is -0.136. The number of aromatic nitrogens is 5. The number of hydrogen-bond acceptors (Lipinski definition) is 11. The third-order valence-corrected chi connectivity index (χ3v) is 12.0. The van der Waals surface area contributed by atoms with Crippen LogP contribution in [0.25, 0.3) is 11.3 Å². The molecule has 9 rings (SSSR count). The van der Waals surface area contributed by atoms with Crippen LogP contribution in [0.4, 0.5) is 15.9 Å². The molecule has 3 aromatic heterocycles. The number of piperidine rings is 2. The number of aryl methyl sites for hydroxylation is 1. The monoisotopic (exact) mass is 800 g/mol. The van der Waals surface area contributed by atoms with Gasteiger partial charge in [0.25, 0.3) is 11.8 Å². The van der Waals surface area contributed by atoms with Crippen LogP contribution in [0.2, 0.25) is 0 Å². The number of ether oxygens (including phenoxy) is 1. The Morgan fingerprint density at radius 2 is 1.76 bits per heavy atom. The molecule has 2 atom stereocenters. The van der Waals surface area contributed by atoms with Crippen molar-refractivity contribution in [2.75, 3.05) is 43.4 Å². The van der Waals surface area contributed by atoms with Crippen LogP contribution in [0, 0.1) is 18.7 Å². The van der Waals surface area contributed by atoms with Gasteiger partial charge in [0.1, 0.15) is 18.0 Å². The van der Waals surface area contributed by atoms with Crippen molar-refractivity contribution < 1.29 is 28.3 Å². The van der Waals surface area contributed by atoms with Crippen LogP contribution < -0.4 is 20.7 Å². The molecule has 1 unspecified atom stereocenters. The number of halogens is 1. The van der Waals surface area contributed by atoms with Gasteiger partial charge in [-0.2, -0.15) is 5.10 Å². The normalized spacial score (nSPS) is 19.5. The van der Waals surface area contributed by atoms with E-state index in [4.69, 9.17) is 15.6 Å². The summed E-state index contributed by atoms with van der Waals surface area (Å²) in [5, 5.41) is 7.01. The Hall–Kier alpha value is -6.42. The maximum atomic E-state index is 13.9. The van der Waals surface area contributed by atoms with Crippen LogP contribution in [0.15, 0.2) is 73.4 Å². The highest BCUT2D eigenvalue weighted by Gasteiger charge is 2.45. The van der Waals surface area contributed by atoms with Gasteiger partial charge in [-0.05, 0) is 75.1 Å². The predicted octanol–water partition coefficient (Wildman–Crippen LogP) is 4.53. The molecule has 304 valence electrons. The van der Waals surface area contributed by atoms with E-state index in [9.17, 15) is 23.6 Å². The van der Waals surface area contributed by atoms with E-state index in [0.717, 1.165) is 78.7 Å². The second kappa shape index (κ2) is 15.4. The molecule has 4 aliphatic rings. The summed E-state index contributed by atoms with van der Waals surface area (Å²) in [5.41, 5.74) is 12.0. The third kappa shape index (κ3) is 7.44. The number of nitrogen functional groups attached to an aromatic ring is 1. The van der Waals surface area contributed by atoms with Crippen LogP contribution in [0.5, 0.6) is 5.75 Å². The fraction of sp³-hybridized carbons (Fsp3) is 0.372. The number of nitrogens with two attached hydrogens (primary N) is 1. The summed E-state index contributed by atoms with van der Waals surface area (Å²) >= 11 is 0. The van der Waals surface area contributed by atoms with Crippen molar-refractivity contribution in [3.8, 4) is 17.0 Å². The van der Waals surface area contributed by atoms with Crippen molar-refractivity contribution in [1.82, 2.24) is 39.4 Å². The number of nitrogens with zero attached hydrogens (tertiary/aromatic N) is 8. The smallest absolute Gasteiger partial charge is 0.262 e. The van der Waals surface area contributed by atoms with Gasteiger partial charge in [-0.15, -0.1) is 0 Å². The average molecular weight is 801 g/mol. The predicted molar refractivity (Wildman–Crippen MR) is 215 cm³/mol. The Kier molecular flexibility index (Phi) is 9.95. The second-order valence-electron chi connectivity index (χ2n) is 16.0. The lowest BCUT2D eigenvalue weighted by Gasteiger charge is -2.44. The lowest BCUT2D eigenvalue weighted by atomic mass is 9.95. The Morgan fingerprint density at radius 1 is 0.966 bits per heavy atom. The van der Waals surface area contributed by atoms with Gasteiger partial charge in [0.05, 0.1) is 47.6 Å². The van der Waals surface area contributed by atoms with E-state index < -0.39 is 35.8 Å². The van der Waals surface area contributed by atoms with Crippen molar-refractivity contribution in [2.24, 2.45) is 5.92 Å². The molecule has 3 N–H and O–H groups in total. The topological polar surface area (TPSA) is 174 Å². The largest absolute Gasteiger partial charge is 0.482 e. The summed E-state index contributed by atoms with van der Waals surface area (Å²) in [6.45, 7) is 9.00. The van der Waals surface area contributed by atoms with Crippen molar-refractivity contribution in [3.05, 3.63) is 107 Å². The molecule has 7 heterocycles. The number of benzene rings is 2. The zero-order valence-corrected chi connectivity index (χ0v) is 32.9. The highest BCUT2D eigenvalue weighted by atomic mass is 19.1. The average Bonchev–Trinajstić information content (AvgIpc) is 3.89. The summed E-state index contributed by atoms with van der Waals surface area (Å²) in [7, 11) is 0. The van der Waals surface area contributed by atoms with Gasteiger partial charge in [0.15, 0.2) is 11.6 Å². The van der Waals surface area contributed by atoms with Crippen LogP contribution >= 0.6 is 0 Å². The molecule has 4 amide bonds. The molecule has 0 aliphatic carbocycles. The molecule has 2 aromatic carbocycles. The van der Waals surface area contributed by atoms with E-state index in [-0.39, 0.29) is 24.5 Å². The fourth-order valence-corrected chi connectivity index (χ4v) is 8.81. The number of amides is 4. The SMILES string of the molecule is Cc1ncn(Cc2cnn(C3CCN(CC4CN(c5ccc6c(c5)C(=O)N(C5CCC(=O)NC5=O)C6=O)C4)CC3)c2)c1-c1cnc(N)c(O[C@H](C)c2cccc(F)c2)c1. The van der Waals surface area contributed by atoms with Crippen LogP contribution in [0.3, 0.4) is 0 Å². The number of hydrogen-bond donors (Lipinski definition) is 2. The van der Waals surface area contributed by atoms with Gasteiger partial charge in [-0.1, -0.05) is 12.1 Å². The fourth-order valence-electron chi connectivity index (χ4n) is 8.81.